The van der Waals surface area contributed by atoms with Crippen LogP contribution in [0.3, 0.4) is 0 Å². The highest BCUT2D eigenvalue weighted by atomic mass is 32.2. The zero-order valence-corrected chi connectivity index (χ0v) is 17.7. The molecule has 3 heterocycles. The van der Waals surface area contributed by atoms with Gasteiger partial charge in [-0.15, -0.1) is 0 Å². The van der Waals surface area contributed by atoms with Gasteiger partial charge in [0.1, 0.15) is 17.2 Å². The minimum Gasteiger partial charge on any atom is -0.379 e. The number of aromatic nitrogens is 1. The van der Waals surface area contributed by atoms with Crippen molar-refractivity contribution in [3.8, 4) is 0 Å². The topological polar surface area (TPSA) is 89.6 Å². The van der Waals surface area contributed by atoms with Crippen LogP contribution >= 0.6 is 11.8 Å². The van der Waals surface area contributed by atoms with Crippen molar-refractivity contribution in [3.05, 3.63) is 59.2 Å². The Kier molecular flexibility index (Phi) is 7.84. The fraction of sp³-hybridized carbons (Fsp3) is 0.350. The van der Waals surface area contributed by atoms with Gasteiger partial charge in [0.05, 0.1) is 12.8 Å². The highest BCUT2D eigenvalue weighted by Crippen LogP contribution is 2.45. The molecule has 2 unspecified atom stereocenters. The molecule has 0 radical (unpaired) electrons. The molecular weight excluding hydrogens is 474 g/mol. The average molecular weight is 492 g/mol. The molecule has 1 fully saturated rings. The number of benzene rings is 1. The van der Waals surface area contributed by atoms with Gasteiger partial charge in [-0.05, 0) is 24.6 Å². The number of nitrogens with zero attached hydrogens (tertiary/aromatic N) is 2. The van der Waals surface area contributed by atoms with Crippen LogP contribution in [0.5, 0.6) is 0 Å². The molecule has 1 aromatic carbocycles. The van der Waals surface area contributed by atoms with Crippen molar-refractivity contribution in [2.75, 3.05) is 24.3 Å². The number of thioether (sulfide) groups is 1. The van der Waals surface area contributed by atoms with Gasteiger partial charge < -0.3 is 15.8 Å². The molecule has 2 aromatic rings. The summed E-state index contributed by atoms with van der Waals surface area (Å²) in [4.78, 5) is 20.4. The lowest BCUT2D eigenvalue weighted by Crippen LogP contribution is -2.48. The normalized spacial score (nSPS) is 22.0. The minimum atomic E-state index is -3.67. The number of anilines is 1. The van der Waals surface area contributed by atoms with E-state index >= 15 is 0 Å². The summed E-state index contributed by atoms with van der Waals surface area (Å²) in [6.07, 6.45) is 1.44. The molecule has 1 aromatic heterocycles. The second-order valence-corrected chi connectivity index (χ2v) is 8.14. The van der Waals surface area contributed by atoms with Gasteiger partial charge in [0, 0.05) is 35.6 Å². The van der Waals surface area contributed by atoms with Crippen molar-refractivity contribution < 1.29 is 35.9 Å². The summed E-state index contributed by atoms with van der Waals surface area (Å²) < 4.78 is 76.3. The molecule has 0 bridgehead atoms. The molecule has 1 saturated heterocycles. The first kappa shape index (κ1) is 24.8. The van der Waals surface area contributed by atoms with Crippen molar-refractivity contribution in [1.29, 1.82) is 0 Å². The number of amides is 1. The Labute approximate surface area is 188 Å². The number of hydrogen-bond acceptors (Lipinski definition) is 6. The van der Waals surface area contributed by atoms with E-state index in [9.17, 15) is 31.1 Å². The summed E-state index contributed by atoms with van der Waals surface area (Å²) in [7, 11) is 0. The van der Waals surface area contributed by atoms with Crippen LogP contribution in [0.2, 0.25) is 0 Å². The van der Waals surface area contributed by atoms with Crippen LogP contribution in [0, 0.1) is 23.4 Å². The second-order valence-electron chi connectivity index (χ2n) is 7.10. The molecular formula is C20H18F6N4O2S. The molecule has 0 saturated carbocycles. The van der Waals surface area contributed by atoms with Crippen molar-refractivity contribution >= 4 is 28.5 Å². The van der Waals surface area contributed by atoms with E-state index in [-0.39, 0.29) is 23.8 Å². The zero-order valence-electron chi connectivity index (χ0n) is 16.8. The standard InChI is InChI=1S/C19H17F3N4O2S.CHF3/c20-11-5-15(22)16(24-7-11)17(27)25-12-1-2-14(21)13(6-12)19-9-28-4-3-10(19)8-29-18(23)26-19;2-1(3)4/h1-2,5-7,10H,3-4,8-9H2,(H2,23,26)(H,25,27);1H. The predicted octanol–water partition coefficient (Wildman–Crippen LogP) is 4.22. The summed E-state index contributed by atoms with van der Waals surface area (Å²) in [5.41, 5.74) is 4.84. The van der Waals surface area contributed by atoms with Crippen LogP contribution in [-0.4, -0.2) is 41.7 Å². The second kappa shape index (κ2) is 10.4. The van der Waals surface area contributed by atoms with Crippen LogP contribution < -0.4 is 11.1 Å². The highest BCUT2D eigenvalue weighted by molar-refractivity contribution is 8.13. The van der Waals surface area contributed by atoms with Crippen LogP contribution in [0.25, 0.3) is 0 Å². The Balaban J connectivity index is 0.000000709. The molecule has 33 heavy (non-hydrogen) atoms. The Morgan fingerprint density at radius 2 is 1.94 bits per heavy atom. The fourth-order valence-electron chi connectivity index (χ4n) is 3.63. The summed E-state index contributed by atoms with van der Waals surface area (Å²) >= 11 is 1.42. The van der Waals surface area contributed by atoms with E-state index in [1.54, 1.807) is 0 Å². The number of hydrogen-bond donors (Lipinski definition) is 2. The van der Waals surface area contributed by atoms with Gasteiger partial charge in [0.25, 0.3) is 5.91 Å². The van der Waals surface area contributed by atoms with Crippen LogP contribution in [0.4, 0.5) is 32.0 Å². The Hall–Kier alpha value is -2.80. The van der Waals surface area contributed by atoms with Gasteiger partial charge in [-0.1, -0.05) is 11.8 Å². The van der Waals surface area contributed by atoms with Crippen molar-refractivity contribution in [2.24, 2.45) is 16.6 Å². The number of nitrogens with one attached hydrogen (secondary N) is 1. The van der Waals surface area contributed by atoms with Crippen LogP contribution in [0.15, 0.2) is 35.5 Å². The van der Waals surface area contributed by atoms with Gasteiger partial charge in [-0.3, -0.25) is 4.79 Å². The number of rotatable bonds is 3. The first-order valence-corrected chi connectivity index (χ1v) is 10.5. The summed E-state index contributed by atoms with van der Waals surface area (Å²) in [6, 6.07) is 4.56. The largest absolute Gasteiger partial charge is 0.379 e. The van der Waals surface area contributed by atoms with Crippen molar-refractivity contribution in [3.63, 3.8) is 0 Å². The molecule has 3 N–H and O–H groups in total. The summed E-state index contributed by atoms with van der Waals surface area (Å²) in [6.45, 7) is -2.95. The van der Waals surface area contributed by atoms with Crippen molar-refractivity contribution in [2.45, 2.75) is 18.6 Å². The number of ether oxygens (including phenoxy) is 1. The number of aliphatic imine (C=N–C) groups is 1. The molecule has 0 aliphatic carbocycles. The van der Waals surface area contributed by atoms with E-state index in [1.807, 2.05) is 0 Å². The quantitative estimate of drug-likeness (QED) is 0.627. The number of alkyl halides is 3. The zero-order chi connectivity index (χ0) is 24.2. The number of halogens is 6. The molecule has 0 spiro atoms. The molecule has 178 valence electrons. The first-order valence-electron chi connectivity index (χ1n) is 9.53. The fourth-order valence-corrected chi connectivity index (χ4v) is 4.68. The van der Waals surface area contributed by atoms with Crippen LogP contribution in [0.1, 0.15) is 22.5 Å². The minimum absolute atomic E-state index is 0.0187. The summed E-state index contributed by atoms with van der Waals surface area (Å²) in [5, 5.41) is 2.82. The molecule has 6 nitrogen and oxygen atoms in total. The molecule has 2 aliphatic heterocycles. The average Bonchev–Trinajstić information content (AvgIpc) is 2.74. The lowest BCUT2D eigenvalue weighted by atomic mass is 9.76. The first-order chi connectivity index (χ1) is 15.6. The van der Waals surface area contributed by atoms with Gasteiger partial charge in [-0.25, -0.2) is 23.1 Å². The lowest BCUT2D eigenvalue weighted by Gasteiger charge is -2.43. The van der Waals surface area contributed by atoms with Crippen LogP contribution in [-0.2, 0) is 10.3 Å². The van der Waals surface area contributed by atoms with Crippen molar-refractivity contribution in [1.82, 2.24) is 4.98 Å². The molecule has 2 atom stereocenters. The maximum absolute atomic E-state index is 14.8. The highest BCUT2D eigenvalue weighted by Gasteiger charge is 2.47. The maximum atomic E-state index is 14.8. The Morgan fingerprint density at radius 3 is 2.64 bits per heavy atom. The van der Waals surface area contributed by atoms with E-state index in [2.05, 4.69) is 15.3 Å². The summed E-state index contributed by atoms with van der Waals surface area (Å²) in [5.74, 6) is -2.67. The third-order valence-electron chi connectivity index (χ3n) is 5.06. The Morgan fingerprint density at radius 1 is 1.21 bits per heavy atom. The molecule has 2 aliphatic rings. The smallest absolute Gasteiger partial charge is 0.379 e. The molecule has 1 amide bonds. The van der Waals surface area contributed by atoms with E-state index in [4.69, 9.17) is 10.5 Å². The van der Waals surface area contributed by atoms with E-state index in [0.29, 0.717) is 30.0 Å². The third-order valence-corrected chi connectivity index (χ3v) is 6.02. The van der Waals surface area contributed by atoms with E-state index < -0.39 is 41.3 Å². The van der Waals surface area contributed by atoms with E-state index in [1.165, 1.54) is 30.0 Å². The number of fused-ring (bicyclic) bond motifs is 1. The maximum Gasteiger partial charge on any atom is 0.379 e. The van der Waals surface area contributed by atoms with Gasteiger partial charge in [-0.2, -0.15) is 13.2 Å². The SMILES string of the molecule is FC(F)F.NC1=NC2(c3cc(NC(=O)c4ncc(F)cc4F)ccc3F)COCCC2CS1. The Bertz CT molecular complexity index is 1050. The number of nitrogens with two attached hydrogens (primary N) is 1. The van der Waals surface area contributed by atoms with Gasteiger partial charge in [0.2, 0.25) is 0 Å². The monoisotopic (exact) mass is 492 g/mol. The third kappa shape index (κ3) is 5.77. The molecule has 4 rings (SSSR count). The van der Waals surface area contributed by atoms with Gasteiger partial charge in [0.15, 0.2) is 16.7 Å². The number of pyridine rings is 1. The molecule has 13 heteroatoms. The lowest BCUT2D eigenvalue weighted by molar-refractivity contribution is 0.00304. The number of carbonyl (C=O) groups is 1. The van der Waals surface area contributed by atoms with Gasteiger partial charge >= 0.3 is 6.68 Å². The van der Waals surface area contributed by atoms with E-state index in [0.717, 1.165) is 6.20 Å². The number of amidine groups is 1. The predicted molar refractivity (Wildman–Crippen MR) is 110 cm³/mol. The number of carbonyl (C=O) groups excluding carboxylic acids is 1.